The summed E-state index contributed by atoms with van der Waals surface area (Å²) in [6, 6.07) is 4.85. The molecule has 96 valence electrons. The molecule has 1 aliphatic carbocycles. The van der Waals surface area contributed by atoms with Crippen molar-refractivity contribution in [2.24, 2.45) is 13.0 Å². The summed E-state index contributed by atoms with van der Waals surface area (Å²) >= 11 is 1.85. The fraction of sp³-hybridized carbons (Fsp3) is 0.500. The summed E-state index contributed by atoms with van der Waals surface area (Å²) in [4.78, 5) is 1.45. The molecule has 1 aliphatic rings. The number of aromatic nitrogens is 2. The van der Waals surface area contributed by atoms with E-state index in [4.69, 9.17) is 0 Å². The highest BCUT2D eigenvalue weighted by Gasteiger charge is 2.27. The molecule has 0 spiro atoms. The normalized spacial score (nSPS) is 18.1. The first kappa shape index (κ1) is 11.8. The minimum Gasteiger partial charge on any atom is -0.375 e. The third kappa shape index (κ3) is 2.43. The molecule has 2 aromatic rings. The molecule has 3 rings (SSSR count). The maximum atomic E-state index is 4.24. The van der Waals surface area contributed by atoms with Crippen LogP contribution in [0.3, 0.4) is 0 Å². The van der Waals surface area contributed by atoms with E-state index in [9.17, 15) is 0 Å². The third-order valence-corrected chi connectivity index (χ3v) is 4.70. The zero-order chi connectivity index (χ0) is 12.4. The van der Waals surface area contributed by atoms with Crippen LogP contribution in [0.2, 0.25) is 0 Å². The minimum atomic E-state index is 0.455. The number of rotatable bonds is 4. The van der Waals surface area contributed by atoms with Gasteiger partial charge in [0.1, 0.15) is 0 Å². The zero-order valence-corrected chi connectivity index (χ0v) is 11.5. The Kier molecular flexibility index (Phi) is 3.37. The van der Waals surface area contributed by atoms with Gasteiger partial charge in [0.15, 0.2) is 0 Å². The van der Waals surface area contributed by atoms with E-state index in [0.717, 1.165) is 11.6 Å². The Bertz CT molecular complexity index is 483. The molecule has 4 heteroatoms. The van der Waals surface area contributed by atoms with Gasteiger partial charge in [-0.15, -0.1) is 11.3 Å². The van der Waals surface area contributed by atoms with Crippen LogP contribution in [-0.2, 0) is 7.05 Å². The van der Waals surface area contributed by atoms with Gasteiger partial charge in [-0.25, -0.2) is 0 Å². The van der Waals surface area contributed by atoms with Crippen LogP contribution >= 0.6 is 11.3 Å². The van der Waals surface area contributed by atoms with Crippen LogP contribution in [0.1, 0.15) is 36.6 Å². The van der Waals surface area contributed by atoms with Gasteiger partial charge in [0.25, 0.3) is 0 Å². The lowest BCUT2D eigenvalue weighted by Gasteiger charge is -2.24. The van der Waals surface area contributed by atoms with Gasteiger partial charge in [-0.2, -0.15) is 5.10 Å². The van der Waals surface area contributed by atoms with Crippen molar-refractivity contribution in [1.82, 2.24) is 9.78 Å². The number of thiophene rings is 1. The number of aryl methyl sites for hydroxylation is 1. The van der Waals surface area contributed by atoms with E-state index < -0.39 is 0 Å². The molecule has 1 atom stereocenters. The van der Waals surface area contributed by atoms with E-state index >= 15 is 0 Å². The predicted molar refractivity (Wildman–Crippen MR) is 75.8 cm³/mol. The van der Waals surface area contributed by atoms with Crippen molar-refractivity contribution in [2.45, 2.75) is 31.7 Å². The molecule has 2 heterocycles. The molecule has 0 amide bonds. The third-order valence-electron chi connectivity index (χ3n) is 3.75. The fourth-order valence-electron chi connectivity index (χ4n) is 2.86. The van der Waals surface area contributed by atoms with Gasteiger partial charge in [0, 0.05) is 18.1 Å². The molecular formula is C14H19N3S. The largest absolute Gasteiger partial charge is 0.375 e. The summed E-state index contributed by atoms with van der Waals surface area (Å²) in [5.41, 5.74) is 1.13. The Balaban J connectivity index is 1.81. The molecular weight excluding hydrogens is 242 g/mol. The van der Waals surface area contributed by atoms with Gasteiger partial charge in [0.05, 0.1) is 17.9 Å². The maximum Gasteiger partial charge on any atom is 0.0731 e. The topological polar surface area (TPSA) is 29.9 Å². The van der Waals surface area contributed by atoms with Crippen LogP contribution in [0.5, 0.6) is 0 Å². The van der Waals surface area contributed by atoms with Crippen LogP contribution in [0.4, 0.5) is 5.69 Å². The summed E-state index contributed by atoms with van der Waals surface area (Å²) < 4.78 is 1.85. The van der Waals surface area contributed by atoms with Gasteiger partial charge in [-0.05, 0) is 30.2 Å². The van der Waals surface area contributed by atoms with Crippen molar-refractivity contribution in [1.29, 1.82) is 0 Å². The SMILES string of the molecule is Cn1cc(N[C@H](c2cccs2)C2CCCC2)cn1. The summed E-state index contributed by atoms with van der Waals surface area (Å²) in [5.74, 6) is 0.767. The summed E-state index contributed by atoms with van der Waals surface area (Å²) in [6.07, 6.45) is 9.40. The van der Waals surface area contributed by atoms with Crippen LogP contribution < -0.4 is 5.32 Å². The molecule has 0 bridgehead atoms. The van der Waals surface area contributed by atoms with Crippen molar-refractivity contribution in [3.8, 4) is 0 Å². The first-order valence-electron chi connectivity index (χ1n) is 6.61. The van der Waals surface area contributed by atoms with E-state index in [1.165, 1.54) is 30.6 Å². The van der Waals surface area contributed by atoms with Gasteiger partial charge in [0.2, 0.25) is 0 Å². The molecule has 0 saturated heterocycles. The Labute approximate surface area is 112 Å². The second-order valence-corrected chi connectivity index (χ2v) is 6.06. The molecule has 0 aliphatic heterocycles. The number of nitrogens with one attached hydrogen (secondary N) is 1. The standard InChI is InChI=1S/C14H19N3S/c1-17-10-12(9-15-17)16-14(11-5-2-3-6-11)13-7-4-8-18-13/h4,7-11,14,16H,2-3,5-6H2,1H3/t14-/m0/s1. The Hall–Kier alpha value is -1.29. The lowest BCUT2D eigenvalue weighted by atomic mass is 9.96. The van der Waals surface area contributed by atoms with Crippen molar-refractivity contribution < 1.29 is 0 Å². The maximum absolute atomic E-state index is 4.24. The molecule has 1 N–H and O–H groups in total. The quantitative estimate of drug-likeness (QED) is 0.906. The van der Waals surface area contributed by atoms with E-state index in [1.54, 1.807) is 0 Å². The van der Waals surface area contributed by atoms with Gasteiger partial charge < -0.3 is 5.32 Å². The average Bonchev–Trinajstić information content (AvgIpc) is 3.09. The van der Waals surface area contributed by atoms with Gasteiger partial charge in [-0.1, -0.05) is 18.9 Å². The lowest BCUT2D eigenvalue weighted by Crippen LogP contribution is -2.17. The molecule has 1 saturated carbocycles. The van der Waals surface area contributed by atoms with Crippen molar-refractivity contribution in [2.75, 3.05) is 5.32 Å². The highest BCUT2D eigenvalue weighted by molar-refractivity contribution is 7.10. The predicted octanol–water partition coefficient (Wildman–Crippen LogP) is 3.83. The van der Waals surface area contributed by atoms with Crippen LogP contribution in [0.15, 0.2) is 29.9 Å². The first-order chi connectivity index (χ1) is 8.83. The average molecular weight is 261 g/mol. The number of hydrogen-bond acceptors (Lipinski definition) is 3. The number of anilines is 1. The molecule has 0 aromatic carbocycles. The molecule has 3 nitrogen and oxygen atoms in total. The van der Waals surface area contributed by atoms with Crippen molar-refractivity contribution >= 4 is 17.0 Å². The fourth-order valence-corrected chi connectivity index (χ4v) is 3.72. The first-order valence-corrected chi connectivity index (χ1v) is 7.49. The monoisotopic (exact) mass is 261 g/mol. The van der Waals surface area contributed by atoms with E-state index in [1.807, 2.05) is 29.3 Å². The Morgan fingerprint density at radius 3 is 2.89 bits per heavy atom. The number of nitrogens with zero attached hydrogens (tertiary/aromatic N) is 2. The number of hydrogen-bond donors (Lipinski definition) is 1. The van der Waals surface area contributed by atoms with Crippen molar-refractivity contribution in [3.05, 3.63) is 34.8 Å². The summed E-state index contributed by atoms with van der Waals surface area (Å²) in [7, 11) is 1.96. The molecule has 0 radical (unpaired) electrons. The molecule has 18 heavy (non-hydrogen) atoms. The lowest BCUT2D eigenvalue weighted by molar-refractivity contribution is 0.475. The smallest absolute Gasteiger partial charge is 0.0731 e. The van der Waals surface area contributed by atoms with Crippen LogP contribution in [0, 0.1) is 5.92 Å². The van der Waals surface area contributed by atoms with Gasteiger partial charge in [-0.3, -0.25) is 4.68 Å². The highest BCUT2D eigenvalue weighted by Crippen LogP contribution is 2.39. The van der Waals surface area contributed by atoms with Gasteiger partial charge >= 0.3 is 0 Å². The van der Waals surface area contributed by atoms with Crippen LogP contribution in [-0.4, -0.2) is 9.78 Å². The molecule has 1 fully saturated rings. The molecule has 0 unspecified atom stereocenters. The second kappa shape index (κ2) is 5.14. The Morgan fingerprint density at radius 1 is 1.44 bits per heavy atom. The van der Waals surface area contributed by atoms with E-state index in [0.29, 0.717) is 6.04 Å². The Morgan fingerprint density at radius 2 is 2.28 bits per heavy atom. The zero-order valence-electron chi connectivity index (χ0n) is 10.7. The van der Waals surface area contributed by atoms with E-state index in [-0.39, 0.29) is 0 Å². The summed E-state index contributed by atoms with van der Waals surface area (Å²) in [6.45, 7) is 0. The van der Waals surface area contributed by atoms with Crippen LogP contribution in [0.25, 0.3) is 0 Å². The second-order valence-electron chi connectivity index (χ2n) is 5.08. The summed E-state index contributed by atoms with van der Waals surface area (Å²) in [5, 5.41) is 10.1. The highest BCUT2D eigenvalue weighted by atomic mass is 32.1. The van der Waals surface area contributed by atoms with E-state index in [2.05, 4.69) is 34.1 Å². The molecule has 2 aromatic heterocycles. The van der Waals surface area contributed by atoms with Crippen molar-refractivity contribution in [3.63, 3.8) is 0 Å². The minimum absolute atomic E-state index is 0.455.